The first-order chi connectivity index (χ1) is 8.77. The van der Waals surface area contributed by atoms with E-state index in [4.69, 9.17) is 5.73 Å². The van der Waals surface area contributed by atoms with Crippen LogP contribution in [-0.2, 0) is 21.7 Å². The molecule has 0 saturated heterocycles. The Bertz CT molecular complexity index is 479. The van der Waals surface area contributed by atoms with Crippen molar-refractivity contribution in [3.05, 3.63) is 68.6 Å². The molecule has 0 unspecified atom stereocenters. The van der Waals surface area contributed by atoms with E-state index in [9.17, 15) is 0 Å². The molecule has 0 amide bonds. The minimum Gasteiger partial charge on any atom is -1.00 e. The van der Waals surface area contributed by atoms with Crippen LogP contribution in [0.2, 0.25) is 0 Å². The van der Waals surface area contributed by atoms with Crippen LogP contribution < -0.4 is 29.7 Å². The fourth-order valence-electron chi connectivity index (χ4n) is 1.56. The molecule has 0 atom stereocenters. The minimum atomic E-state index is -0.250. The molecule has 1 aromatic rings. The van der Waals surface area contributed by atoms with Crippen molar-refractivity contribution in [1.29, 1.82) is 0 Å². The summed E-state index contributed by atoms with van der Waals surface area (Å²) in [6.07, 6.45) is 8.40. The summed E-state index contributed by atoms with van der Waals surface area (Å²) < 4.78 is 0. The van der Waals surface area contributed by atoms with Crippen LogP contribution in [0.1, 0.15) is 32.8 Å². The monoisotopic (exact) mass is 432 g/mol. The number of hydrogen-bond donors (Lipinski definition) is 0. The van der Waals surface area contributed by atoms with Crippen molar-refractivity contribution < 1.29 is 46.5 Å². The number of benzene rings is 1. The van der Waals surface area contributed by atoms with Gasteiger partial charge in [0.25, 0.3) is 0 Å². The van der Waals surface area contributed by atoms with E-state index in [-0.39, 0.29) is 77.9 Å². The van der Waals surface area contributed by atoms with Gasteiger partial charge in [0.15, 0.2) is 0 Å². The van der Waals surface area contributed by atoms with E-state index >= 15 is 0 Å². The number of allylic oxidation sites excluding steroid dienone is 4. The van der Waals surface area contributed by atoms with Crippen LogP contribution in [0.15, 0.2) is 36.4 Å². The molecule has 0 heterocycles. The third-order valence-electron chi connectivity index (χ3n) is 2.39. The van der Waals surface area contributed by atoms with Crippen molar-refractivity contribution in [3.8, 4) is 0 Å². The average Bonchev–Trinajstić information content (AvgIpc) is 2.80. The van der Waals surface area contributed by atoms with Crippen LogP contribution >= 0.6 is 0 Å². The summed E-state index contributed by atoms with van der Waals surface area (Å²) in [5, 5.41) is 0. The summed E-state index contributed by atoms with van der Waals surface area (Å²) in [5.41, 5.74) is 10.5. The summed E-state index contributed by atoms with van der Waals surface area (Å²) in [4.78, 5) is 2.12. The normalized spacial score (nSPS) is 10.4. The summed E-state index contributed by atoms with van der Waals surface area (Å²) in [5.74, 6) is 0. The van der Waals surface area contributed by atoms with Crippen LogP contribution in [0.4, 0.5) is 5.69 Å². The average molecular weight is 433 g/mol. The molecule has 0 aromatic heterocycles. The zero-order valence-corrected chi connectivity index (χ0v) is 20.4. The van der Waals surface area contributed by atoms with Gasteiger partial charge in [0.1, 0.15) is 0 Å². The maximum atomic E-state index is 6.94. The molecule has 1 aromatic carbocycles. The summed E-state index contributed by atoms with van der Waals surface area (Å²) in [6.45, 7) is 5.56. The van der Waals surface area contributed by atoms with Gasteiger partial charge in [-0.1, -0.05) is 38.5 Å². The zero-order chi connectivity index (χ0) is 14.5. The van der Waals surface area contributed by atoms with Gasteiger partial charge < -0.3 is 50.3 Å². The Hall–Kier alpha value is -0.0288. The molecule has 1 aliphatic carbocycles. The van der Waals surface area contributed by atoms with Gasteiger partial charge >= 0.3 is 21.7 Å². The second-order valence-corrected chi connectivity index (χ2v) is 5.91. The molecule has 0 fully saturated rings. The quantitative estimate of drug-likeness (QED) is 0.446. The van der Waals surface area contributed by atoms with Crippen LogP contribution in [0, 0.1) is 20.9 Å². The molecule has 6 heteroatoms. The topological polar surface area (TPSA) is 27.0 Å². The fraction of sp³-hybridized carbons (Fsp3) is 0.368. The van der Waals surface area contributed by atoms with E-state index in [1.165, 1.54) is 16.8 Å². The van der Waals surface area contributed by atoms with Gasteiger partial charge in [-0.15, -0.1) is 12.0 Å². The largest absolute Gasteiger partial charge is 2.00 e. The molecule has 142 valence electrons. The Kier molecular flexibility index (Phi) is 29.9. The Morgan fingerprint density at radius 3 is 1.92 bits per heavy atom. The number of nitrogens with zero attached hydrogens (tertiary/aromatic N) is 1. The van der Waals surface area contributed by atoms with Crippen molar-refractivity contribution in [2.75, 3.05) is 19.0 Å². The second kappa shape index (κ2) is 18.8. The molecule has 0 saturated carbocycles. The molecule has 1 N–H and O–H groups in total. The molecule has 2 nitrogen and oxygen atoms in total. The summed E-state index contributed by atoms with van der Waals surface area (Å²) in [6, 6.07) is 8.56. The van der Waals surface area contributed by atoms with Crippen LogP contribution in [0.3, 0.4) is 0 Å². The van der Waals surface area contributed by atoms with E-state index < -0.39 is 0 Å². The van der Waals surface area contributed by atoms with Gasteiger partial charge in [-0.05, 0) is 12.1 Å². The van der Waals surface area contributed by atoms with Gasteiger partial charge in [-0.25, -0.2) is 6.08 Å². The first-order valence-electron chi connectivity index (χ1n) is 6.57. The van der Waals surface area contributed by atoms with E-state index in [0.29, 0.717) is 0 Å². The Labute approximate surface area is 188 Å². The zero-order valence-electron chi connectivity index (χ0n) is 16.4. The smallest absolute Gasteiger partial charge is 1.00 e. The Morgan fingerprint density at radius 1 is 1.08 bits per heavy atom. The number of rotatable bonds is 2. The van der Waals surface area contributed by atoms with Crippen LogP contribution in [0.5, 0.6) is 0 Å². The number of nitrogens with one attached hydrogen (secondary N) is 1. The third kappa shape index (κ3) is 18.6. The van der Waals surface area contributed by atoms with E-state index in [2.05, 4.69) is 61.5 Å². The molecular weight excluding hydrogens is 403 g/mol. The summed E-state index contributed by atoms with van der Waals surface area (Å²) in [7, 11) is 4.12. The maximum absolute atomic E-state index is 6.94. The van der Waals surface area contributed by atoms with E-state index in [0.717, 1.165) is 6.42 Å². The molecule has 0 bridgehead atoms. The van der Waals surface area contributed by atoms with E-state index in [1.807, 2.05) is 20.8 Å². The van der Waals surface area contributed by atoms with Crippen molar-refractivity contribution in [2.45, 2.75) is 32.7 Å². The molecule has 1 aliphatic rings. The summed E-state index contributed by atoms with van der Waals surface area (Å²) >= 11 is 0. The van der Waals surface area contributed by atoms with Gasteiger partial charge in [-0.3, -0.25) is 6.08 Å². The predicted molar refractivity (Wildman–Crippen MR) is 104 cm³/mol. The van der Waals surface area contributed by atoms with Crippen LogP contribution in [-0.4, -0.2) is 30.6 Å². The van der Waals surface area contributed by atoms with Crippen LogP contribution in [0.25, 0.3) is 11.3 Å². The molecule has 2 rings (SSSR count). The van der Waals surface area contributed by atoms with Crippen molar-refractivity contribution in [2.24, 2.45) is 0 Å². The van der Waals surface area contributed by atoms with Crippen molar-refractivity contribution in [3.63, 3.8) is 0 Å². The molecule has 25 heavy (non-hydrogen) atoms. The number of hydrogen-bond acceptors (Lipinski definition) is 1. The predicted octanol–water partition coefficient (Wildman–Crippen LogP) is -0.739. The first kappa shape index (κ1) is 39.9. The van der Waals surface area contributed by atoms with Gasteiger partial charge in [0, 0.05) is 30.7 Å². The van der Waals surface area contributed by atoms with Gasteiger partial charge in [-0.2, -0.15) is 11.6 Å². The number of anilines is 1. The fourth-order valence-corrected chi connectivity index (χ4v) is 1.56. The standard InChI is InChI=1S/C13H14N.C4H10N.2CH3.2ClH.Si.Ti/c1-14(2)13-9-5-8-12(10-13)11-6-3-4-7-11;1-4(2,3)5;;;;;;/h5-10H,3H2,1-2H3;5H,1-3H3;2*1H3;2*1H;;/q4*-1;;;;+2/p-2. The van der Waals surface area contributed by atoms with E-state index in [1.54, 1.807) is 0 Å². The van der Waals surface area contributed by atoms with Gasteiger partial charge in [0.05, 0.1) is 0 Å². The van der Waals surface area contributed by atoms with Gasteiger partial charge in [0.2, 0.25) is 0 Å². The molecule has 0 spiro atoms. The second-order valence-electron chi connectivity index (χ2n) is 5.91. The van der Waals surface area contributed by atoms with Crippen molar-refractivity contribution in [1.82, 2.24) is 0 Å². The SMILES string of the molecule is CC(C)(C)[NH-].CN(C)c1cccc(C2=CC[C-]=C2)c1.[CH3-].[CH3-].[Cl-].[Cl-].[Si].[Ti+2]. The third-order valence-corrected chi connectivity index (χ3v) is 2.39. The Morgan fingerprint density at radius 2 is 1.56 bits per heavy atom. The minimum absolute atomic E-state index is 0. The maximum Gasteiger partial charge on any atom is 2.00 e. The molecule has 0 aliphatic heterocycles. The number of halogens is 2. The Balaban J connectivity index is -0.0000000743. The molecular formula is C19H30Cl2N2SiTi-4. The van der Waals surface area contributed by atoms with Crippen molar-refractivity contribution >= 4 is 22.2 Å². The first-order valence-corrected chi connectivity index (χ1v) is 6.57. The molecule has 4 radical (unpaired) electrons.